The lowest BCUT2D eigenvalue weighted by Crippen LogP contribution is -2.53. The molecule has 0 aromatic rings. The molecular formula is C15H25NO6. The molecule has 0 spiro atoms. The number of esters is 1. The van der Waals surface area contributed by atoms with Crippen molar-refractivity contribution in [2.24, 2.45) is 5.92 Å². The second kappa shape index (κ2) is 5.90. The number of fused-ring (bicyclic) bond motifs is 1. The lowest BCUT2D eigenvalue weighted by atomic mass is 9.85. The van der Waals surface area contributed by atoms with Crippen LogP contribution in [0.2, 0.25) is 0 Å². The summed E-state index contributed by atoms with van der Waals surface area (Å²) in [4.78, 5) is 12.2. The van der Waals surface area contributed by atoms with Crippen LogP contribution in [0.15, 0.2) is 11.6 Å². The third-order valence-corrected chi connectivity index (χ3v) is 4.93. The number of hydroxylamine groups is 3. The van der Waals surface area contributed by atoms with Crippen molar-refractivity contribution >= 4 is 5.97 Å². The van der Waals surface area contributed by atoms with Gasteiger partial charge in [0.1, 0.15) is 18.8 Å². The Morgan fingerprint density at radius 3 is 2.73 bits per heavy atom. The normalized spacial score (nSPS) is 35.0. The molecule has 0 aromatic heterocycles. The van der Waals surface area contributed by atoms with E-state index in [2.05, 4.69) is 0 Å². The van der Waals surface area contributed by atoms with Crippen molar-refractivity contribution in [2.75, 3.05) is 19.7 Å². The molecule has 2 rings (SSSR count). The number of nitrogens with zero attached hydrogens (tertiary/aromatic N) is 1. The number of rotatable bonds is 5. The van der Waals surface area contributed by atoms with Crippen LogP contribution in [-0.2, 0) is 9.53 Å². The summed E-state index contributed by atoms with van der Waals surface area (Å²) in [5.41, 5.74) is -1.40. The summed E-state index contributed by atoms with van der Waals surface area (Å²) in [6, 6.07) is -0.591. The minimum Gasteiger partial charge on any atom is -0.632 e. The average molecular weight is 315 g/mol. The third-order valence-electron chi connectivity index (χ3n) is 4.93. The van der Waals surface area contributed by atoms with Gasteiger partial charge in [0.15, 0.2) is 5.60 Å². The molecule has 3 N–H and O–H groups in total. The first kappa shape index (κ1) is 17.4. The van der Waals surface area contributed by atoms with Gasteiger partial charge in [-0.15, -0.1) is 0 Å². The third kappa shape index (κ3) is 2.68. The van der Waals surface area contributed by atoms with E-state index in [1.807, 2.05) is 0 Å². The highest BCUT2D eigenvalue weighted by atomic mass is 16.6. The van der Waals surface area contributed by atoms with Crippen LogP contribution < -0.4 is 0 Å². The van der Waals surface area contributed by atoms with Crippen LogP contribution in [0.25, 0.3) is 0 Å². The fourth-order valence-electron chi connectivity index (χ4n) is 3.41. The molecular weight excluding hydrogens is 290 g/mol. The Hall–Kier alpha value is -0.990. The molecule has 7 heteroatoms. The Morgan fingerprint density at radius 2 is 2.18 bits per heavy atom. The summed E-state index contributed by atoms with van der Waals surface area (Å²) < 4.78 is 4.64. The Morgan fingerprint density at radius 1 is 1.55 bits per heavy atom. The Kier molecular flexibility index (Phi) is 4.66. The molecule has 2 unspecified atom stereocenters. The van der Waals surface area contributed by atoms with Crippen LogP contribution in [0, 0.1) is 11.1 Å². The molecule has 0 aromatic carbocycles. The van der Waals surface area contributed by atoms with Gasteiger partial charge in [0.2, 0.25) is 0 Å². The SMILES string of the molecule is CC(C)[C@@](O)(C(=O)OCC1=CC[N+]2([O-])CC[C@H](O)[C@@H]12)C(C)O. The zero-order valence-electron chi connectivity index (χ0n) is 13.2. The molecule has 2 heterocycles. The van der Waals surface area contributed by atoms with E-state index in [1.165, 1.54) is 6.92 Å². The van der Waals surface area contributed by atoms with Crippen LogP contribution in [0.1, 0.15) is 27.2 Å². The van der Waals surface area contributed by atoms with Crippen LogP contribution in [-0.4, -0.2) is 69.5 Å². The molecule has 5 atom stereocenters. The number of carbonyl (C=O) groups is 1. The van der Waals surface area contributed by atoms with Gasteiger partial charge in [-0.1, -0.05) is 13.8 Å². The summed E-state index contributed by atoms with van der Waals surface area (Å²) in [7, 11) is 0. The average Bonchev–Trinajstić information content (AvgIpc) is 2.92. The summed E-state index contributed by atoms with van der Waals surface area (Å²) >= 11 is 0. The second-order valence-electron chi connectivity index (χ2n) is 6.67. The maximum atomic E-state index is 12.4. The highest BCUT2D eigenvalue weighted by Gasteiger charge is 2.49. The highest BCUT2D eigenvalue weighted by molar-refractivity contribution is 5.80. The lowest BCUT2D eigenvalue weighted by molar-refractivity contribution is -0.877. The molecule has 7 nitrogen and oxygen atoms in total. The van der Waals surface area contributed by atoms with E-state index in [9.17, 15) is 25.3 Å². The van der Waals surface area contributed by atoms with E-state index >= 15 is 0 Å². The zero-order chi connectivity index (χ0) is 16.7. The first-order valence-electron chi connectivity index (χ1n) is 7.65. The zero-order valence-corrected chi connectivity index (χ0v) is 13.2. The molecule has 1 saturated heterocycles. The van der Waals surface area contributed by atoms with E-state index in [4.69, 9.17) is 4.74 Å². The van der Waals surface area contributed by atoms with Gasteiger partial charge in [0.05, 0.1) is 19.2 Å². The van der Waals surface area contributed by atoms with E-state index in [1.54, 1.807) is 19.9 Å². The number of aliphatic hydroxyl groups is 3. The molecule has 126 valence electrons. The summed E-state index contributed by atoms with van der Waals surface area (Å²) in [5.74, 6) is -1.44. The van der Waals surface area contributed by atoms with Crippen LogP contribution >= 0.6 is 0 Å². The summed E-state index contributed by atoms with van der Waals surface area (Å²) in [5, 5.41) is 42.4. The molecule has 2 aliphatic rings. The van der Waals surface area contributed by atoms with E-state index in [0.29, 0.717) is 18.5 Å². The highest BCUT2D eigenvalue weighted by Crippen LogP contribution is 2.36. The summed E-state index contributed by atoms with van der Waals surface area (Å²) in [6.45, 7) is 5.02. The maximum Gasteiger partial charge on any atom is 0.341 e. The minimum atomic E-state index is -1.99. The van der Waals surface area contributed by atoms with Gasteiger partial charge in [-0.3, -0.25) is 0 Å². The number of hydrogen-bond donors (Lipinski definition) is 3. The molecule has 0 aliphatic carbocycles. The van der Waals surface area contributed by atoms with Gasteiger partial charge in [-0.25, -0.2) is 4.79 Å². The summed E-state index contributed by atoms with van der Waals surface area (Å²) in [6.07, 6.45) is 0.127. The van der Waals surface area contributed by atoms with Crippen LogP contribution in [0.3, 0.4) is 0 Å². The first-order chi connectivity index (χ1) is 10.1. The molecule has 0 saturated carbocycles. The van der Waals surface area contributed by atoms with Gasteiger partial charge >= 0.3 is 5.97 Å². The Bertz CT molecular complexity index is 467. The van der Waals surface area contributed by atoms with E-state index in [0.717, 1.165) is 0 Å². The van der Waals surface area contributed by atoms with Crippen molar-refractivity contribution in [2.45, 2.75) is 51.0 Å². The number of aliphatic hydroxyl groups excluding tert-OH is 2. The van der Waals surface area contributed by atoms with Gasteiger partial charge < -0.3 is 29.9 Å². The second-order valence-corrected chi connectivity index (χ2v) is 6.67. The monoisotopic (exact) mass is 315 g/mol. The quantitative estimate of drug-likeness (QED) is 0.278. The predicted octanol–water partition coefficient (Wildman–Crippen LogP) is -0.315. The van der Waals surface area contributed by atoms with Gasteiger partial charge in [0.25, 0.3) is 0 Å². The fourth-order valence-corrected chi connectivity index (χ4v) is 3.41. The van der Waals surface area contributed by atoms with Crippen molar-refractivity contribution in [3.8, 4) is 0 Å². The number of hydrogen-bond acceptors (Lipinski definition) is 6. The number of carbonyl (C=O) groups excluding carboxylic acids is 1. The molecule has 22 heavy (non-hydrogen) atoms. The number of ether oxygens (including phenoxy) is 1. The maximum absolute atomic E-state index is 12.4. The van der Waals surface area contributed by atoms with Gasteiger partial charge in [0, 0.05) is 12.0 Å². The molecule has 0 amide bonds. The van der Waals surface area contributed by atoms with E-state index in [-0.39, 0.29) is 13.2 Å². The lowest BCUT2D eigenvalue weighted by Gasteiger charge is -2.40. The molecule has 1 fully saturated rings. The van der Waals surface area contributed by atoms with Crippen molar-refractivity contribution in [1.82, 2.24) is 0 Å². The Balaban J connectivity index is 2.03. The minimum absolute atomic E-state index is 0.148. The molecule has 0 bridgehead atoms. The van der Waals surface area contributed by atoms with Crippen molar-refractivity contribution in [3.05, 3.63) is 16.9 Å². The molecule has 0 radical (unpaired) electrons. The van der Waals surface area contributed by atoms with Gasteiger partial charge in [-0.2, -0.15) is 0 Å². The predicted molar refractivity (Wildman–Crippen MR) is 78.3 cm³/mol. The molecule has 2 aliphatic heterocycles. The van der Waals surface area contributed by atoms with Crippen molar-refractivity contribution < 1.29 is 29.5 Å². The first-order valence-corrected chi connectivity index (χ1v) is 7.65. The van der Waals surface area contributed by atoms with Crippen LogP contribution in [0.4, 0.5) is 0 Å². The topological polar surface area (TPSA) is 110 Å². The van der Waals surface area contributed by atoms with E-state index < -0.39 is 40.4 Å². The fraction of sp³-hybridized carbons (Fsp3) is 0.800. The largest absolute Gasteiger partial charge is 0.632 e. The van der Waals surface area contributed by atoms with Crippen molar-refractivity contribution in [3.63, 3.8) is 0 Å². The van der Waals surface area contributed by atoms with Crippen LogP contribution in [0.5, 0.6) is 0 Å². The number of quaternary nitrogens is 1. The van der Waals surface area contributed by atoms with Crippen molar-refractivity contribution in [1.29, 1.82) is 0 Å². The standard InChI is InChI=1S/C15H25NO6/c1-9(2)15(20,10(3)17)14(19)22-8-11-4-6-16(21)7-5-12(18)13(11)16/h4,9-10,12-13,17-18,20H,5-8H2,1-3H3/t10?,12-,13+,15-,16?/m0/s1. The van der Waals surface area contributed by atoms with Gasteiger partial charge in [-0.05, 0) is 18.9 Å². The smallest absolute Gasteiger partial charge is 0.341 e. The Labute approximate surface area is 130 Å².